The molecule has 3 nitrogen and oxygen atoms in total. The maximum absolute atomic E-state index is 10.0. The molecule has 2 N–H and O–H groups in total. The van der Waals surface area contributed by atoms with Crippen molar-refractivity contribution in [3.8, 4) is 11.8 Å². The molecule has 1 rings (SSSR count). The molecule has 0 bridgehead atoms. The van der Waals surface area contributed by atoms with E-state index in [2.05, 4.69) is 17.2 Å². The molecule has 0 saturated carbocycles. The third kappa shape index (κ3) is 3.06. The number of carboxylic acids is 1. The zero-order valence-electron chi connectivity index (χ0n) is 6.26. The van der Waals surface area contributed by atoms with Crippen LogP contribution in [0, 0.1) is 17.8 Å². The summed E-state index contributed by atoms with van der Waals surface area (Å²) in [6.07, 6.45) is 2.12. The van der Waals surface area contributed by atoms with Crippen LogP contribution < -0.4 is 5.32 Å². The van der Waals surface area contributed by atoms with Crippen molar-refractivity contribution >= 4 is 5.97 Å². The largest absolute Gasteiger partial charge is 0.472 e. The van der Waals surface area contributed by atoms with Crippen molar-refractivity contribution in [3.05, 3.63) is 0 Å². The second-order valence-electron chi connectivity index (χ2n) is 2.62. The molecule has 0 aromatic carbocycles. The summed E-state index contributed by atoms with van der Waals surface area (Å²) >= 11 is 0. The Labute approximate surface area is 65.8 Å². The van der Waals surface area contributed by atoms with Crippen LogP contribution in [0.2, 0.25) is 0 Å². The first-order valence-corrected chi connectivity index (χ1v) is 3.74. The fourth-order valence-electron chi connectivity index (χ4n) is 1.14. The molecule has 3 heteroatoms. The summed E-state index contributed by atoms with van der Waals surface area (Å²) in [6, 6.07) is 0. The van der Waals surface area contributed by atoms with Gasteiger partial charge in [-0.2, -0.15) is 0 Å². The van der Waals surface area contributed by atoms with Crippen LogP contribution in [0.5, 0.6) is 0 Å². The van der Waals surface area contributed by atoms with E-state index in [1.54, 1.807) is 0 Å². The molecule has 1 atom stereocenters. The topological polar surface area (TPSA) is 49.3 Å². The van der Waals surface area contributed by atoms with Gasteiger partial charge < -0.3 is 10.4 Å². The Bertz CT molecular complexity index is 196. The molecule has 1 saturated heterocycles. The molecule has 0 aromatic heterocycles. The van der Waals surface area contributed by atoms with E-state index in [4.69, 9.17) is 5.11 Å². The van der Waals surface area contributed by atoms with E-state index < -0.39 is 5.97 Å². The summed E-state index contributed by atoms with van der Waals surface area (Å²) in [6.45, 7) is 1.87. The minimum atomic E-state index is -1.03. The maximum atomic E-state index is 10.0. The van der Waals surface area contributed by atoms with Crippen LogP contribution in [-0.2, 0) is 4.79 Å². The van der Waals surface area contributed by atoms with Crippen LogP contribution in [0.15, 0.2) is 0 Å². The van der Waals surface area contributed by atoms with E-state index >= 15 is 0 Å². The zero-order chi connectivity index (χ0) is 8.10. The van der Waals surface area contributed by atoms with Gasteiger partial charge in [-0.1, -0.05) is 5.92 Å². The highest BCUT2D eigenvalue weighted by Gasteiger charge is 2.09. The number of hydrogen-bond acceptors (Lipinski definition) is 2. The van der Waals surface area contributed by atoms with E-state index in [0.717, 1.165) is 25.9 Å². The van der Waals surface area contributed by atoms with Crippen LogP contribution in [0.1, 0.15) is 12.8 Å². The van der Waals surface area contributed by atoms with Gasteiger partial charge in [-0.05, 0) is 19.4 Å². The summed E-state index contributed by atoms with van der Waals surface area (Å²) in [5.41, 5.74) is 0. The standard InChI is InChI=1S/C8H11NO2/c10-8(11)4-3-7-2-1-5-9-6-7/h7,9H,1-2,5-6H2,(H,10,11). The van der Waals surface area contributed by atoms with Crippen molar-refractivity contribution in [2.45, 2.75) is 12.8 Å². The molecule has 1 unspecified atom stereocenters. The fraction of sp³-hybridized carbons (Fsp3) is 0.625. The molecule has 60 valence electrons. The fourth-order valence-corrected chi connectivity index (χ4v) is 1.14. The Morgan fingerprint density at radius 3 is 3.00 bits per heavy atom. The van der Waals surface area contributed by atoms with E-state index in [0.29, 0.717) is 0 Å². The molecule has 0 spiro atoms. The molecule has 0 aromatic rings. The van der Waals surface area contributed by atoms with Crippen LogP contribution in [0.25, 0.3) is 0 Å². The van der Waals surface area contributed by atoms with Gasteiger partial charge in [-0.3, -0.25) is 0 Å². The molecule has 1 heterocycles. The summed E-state index contributed by atoms with van der Waals surface area (Å²) < 4.78 is 0. The van der Waals surface area contributed by atoms with Gasteiger partial charge in [0.2, 0.25) is 0 Å². The quantitative estimate of drug-likeness (QED) is 0.484. The van der Waals surface area contributed by atoms with Gasteiger partial charge in [-0.25, -0.2) is 4.79 Å². The predicted octanol–water partition coefficient (Wildman–Crippen LogP) is 0.0740. The van der Waals surface area contributed by atoms with Gasteiger partial charge in [0.15, 0.2) is 0 Å². The zero-order valence-corrected chi connectivity index (χ0v) is 6.26. The molecular formula is C8H11NO2. The SMILES string of the molecule is O=C(O)C#CC1CCCNC1. The highest BCUT2D eigenvalue weighted by molar-refractivity contribution is 5.86. The van der Waals surface area contributed by atoms with Crippen molar-refractivity contribution in [2.24, 2.45) is 5.92 Å². The summed E-state index contributed by atoms with van der Waals surface area (Å²) in [4.78, 5) is 10.0. The van der Waals surface area contributed by atoms with Crippen molar-refractivity contribution < 1.29 is 9.90 Å². The first-order chi connectivity index (χ1) is 5.29. The number of carboxylic acid groups (broad SMARTS) is 1. The molecule has 1 aliphatic heterocycles. The number of hydrogen-bond donors (Lipinski definition) is 2. The Morgan fingerprint density at radius 1 is 1.64 bits per heavy atom. The van der Waals surface area contributed by atoms with Gasteiger partial charge in [-0.15, -0.1) is 0 Å². The maximum Gasteiger partial charge on any atom is 0.381 e. The van der Waals surface area contributed by atoms with Gasteiger partial charge >= 0.3 is 5.97 Å². The van der Waals surface area contributed by atoms with Crippen LogP contribution in [0.4, 0.5) is 0 Å². The van der Waals surface area contributed by atoms with E-state index in [1.165, 1.54) is 0 Å². The average molecular weight is 153 g/mol. The average Bonchev–Trinajstić information content (AvgIpc) is 2.03. The molecule has 1 aliphatic rings. The summed E-state index contributed by atoms with van der Waals surface area (Å²) in [5.74, 6) is 4.05. The van der Waals surface area contributed by atoms with Crippen molar-refractivity contribution in [2.75, 3.05) is 13.1 Å². The molecule has 1 fully saturated rings. The minimum Gasteiger partial charge on any atom is -0.472 e. The smallest absolute Gasteiger partial charge is 0.381 e. The molecule has 0 aliphatic carbocycles. The first kappa shape index (κ1) is 8.09. The van der Waals surface area contributed by atoms with Crippen molar-refractivity contribution in [1.82, 2.24) is 5.32 Å². The number of aliphatic carboxylic acids is 1. The highest BCUT2D eigenvalue weighted by Crippen LogP contribution is 2.07. The summed E-state index contributed by atoms with van der Waals surface area (Å²) in [5, 5.41) is 11.4. The Hall–Kier alpha value is -1.01. The van der Waals surface area contributed by atoms with Crippen LogP contribution in [-0.4, -0.2) is 24.2 Å². The minimum absolute atomic E-state index is 0.236. The Balaban J connectivity index is 2.36. The molecule has 11 heavy (non-hydrogen) atoms. The van der Waals surface area contributed by atoms with E-state index in [9.17, 15) is 4.79 Å². The molecule has 0 radical (unpaired) electrons. The number of rotatable bonds is 0. The Morgan fingerprint density at radius 2 is 2.45 bits per heavy atom. The normalized spacial score (nSPS) is 23.5. The number of carbonyl (C=O) groups is 1. The lowest BCUT2D eigenvalue weighted by Gasteiger charge is -2.16. The van der Waals surface area contributed by atoms with Crippen LogP contribution >= 0.6 is 0 Å². The Kier molecular flexibility index (Phi) is 2.94. The second-order valence-corrected chi connectivity index (χ2v) is 2.62. The summed E-state index contributed by atoms with van der Waals surface area (Å²) in [7, 11) is 0. The highest BCUT2D eigenvalue weighted by atomic mass is 16.4. The lowest BCUT2D eigenvalue weighted by atomic mass is 10.0. The van der Waals surface area contributed by atoms with Crippen molar-refractivity contribution in [3.63, 3.8) is 0 Å². The van der Waals surface area contributed by atoms with Crippen LogP contribution in [0.3, 0.4) is 0 Å². The van der Waals surface area contributed by atoms with E-state index in [-0.39, 0.29) is 5.92 Å². The van der Waals surface area contributed by atoms with Gasteiger partial charge in [0.25, 0.3) is 0 Å². The number of piperidine rings is 1. The second kappa shape index (κ2) is 3.99. The van der Waals surface area contributed by atoms with Crippen molar-refractivity contribution in [1.29, 1.82) is 0 Å². The third-order valence-corrected chi connectivity index (χ3v) is 1.68. The van der Waals surface area contributed by atoms with Gasteiger partial charge in [0.05, 0.1) is 0 Å². The lowest BCUT2D eigenvalue weighted by molar-refractivity contribution is -0.130. The molecular weight excluding hydrogens is 142 g/mol. The third-order valence-electron chi connectivity index (χ3n) is 1.68. The number of nitrogens with one attached hydrogen (secondary N) is 1. The van der Waals surface area contributed by atoms with E-state index in [1.807, 2.05) is 0 Å². The predicted molar refractivity (Wildman–Crippen MR) is 41.0 cm³/mol. The lowest BCUT2D eigenvalue weighted by Crippen LogP contribution is -2.28. The van der Waals surface area contributed by atoms with Gasteiger partial charge in [0, 0.05) is 18.4 Å². The first-order valence-electron chi connectivity index (χ1n) is 3.74. The monoisotopic (exact) mass is 153 g/mol. The molecule has 0 amide bonds. The van der Waals surface area contributed by atoms with Gasteiger partial charge in [0.1, 0.15) is 0 Å².